The van der Waals surface area contributed by atoms with Crippen LogP contribution >= 0.6 is 36.6 Å². The zero-order valence-corrected chi connectivity index (χ0v) is 17.8. The summed E-state index contributed by atoms with van der Waals surface area (Å²) in [5.41, 5.74) is 6.09. The maximum Gasteiger partial charge on any atom is 0.237 e. The van der Waals surface area contributed by atoms with E-state index in [-0.39, 0.29) is 41.7 Å². The molecule has 2 fully saturated rings. The average molecular weight is 400 g/mol. The van der Waals surface area contributed by atoms with E-state index in [4.69, 9.17) is 5.73 Å². The van der Waals surface area contributed by atoms with Gasteiger partial charge in [0.15, 0.2) is 0 Å². The molecule has 1 heterocycles. The molecule has 3 N–H and O–H groups in total. The molecular weight excluding hydrogens is 365 g/mol. The van der Waals surface area contributed by atoms with Crippen LogP contribution in [0, 0.1) is 5.41 Å². The van der Waals surface area contributed by atoms with Gasteiger partial charge in [0.25, 0.3) is 0 Å². The van der Waals surface area contributed by atoms with E-state index in [2.05, 4.69) is 10.2 Å². The molecule has 0 bridgehead atoms. The van der Waals surface area contributed by atoms with E-state index < -0.39 is 6.04 Å². The van der Waals surface area contributed by atoms with Crippen LogP contribution in [0.4, 0.5) is 0 Å². The summed E-state index contributed by atoms with van der Waals surface area (Å²) in [5.74, 6) is 2.44. The highest BCUT2D eigenvalue weighted by Gasteiger charge is 2.39. The van der Waals surface area contributed by atoms with Crippen molar-refractivity contribution in [1.82, 2.24) is 10.2 Å². The Bertz CT molecular complexity index is 379. The van der Waals surface area contributed by atoms with E-state index >= 15 is 0 Å². The second-order valence-electron chi connectivity index (χ2n) is 7.95. The minimum atomic E-state index is -0.440. The smallest absolute Gasteiger partial charge is 0.237 e. The van der Waals surface area contributed by atoms with Crippen LogP contribution in [0.5, 0.6) is 0 Å². The molecule has 2 rings (SSSR count). The van der Waals surface area contributed by atoms with Gasteiger partial charge in [0, 0.05) is 36.7 Å². The van der Waals surface area contributed by atoms with Crippen LogP contribution in [-0.4, -0.2) is 53.5 Å². The van der Waals surface area contributed by atoms with Crippen LogP contribution in [0.3, 0.4) is 0 Å². The Balaban J connectivity index is 0.00000264. The maximum absolute atomic E-state index is 12.4. The molecule has 0 aromatic rings. The van der Waals surface area contributed by atoms with Crippen LogP contribution in [-0.2, 0) is 4.79 Å². The summed E-state index contributed by atoms with van der Waals surface area (Å²) in [7, 11) is 0. The highest BCUT2D eigenvalue weighted by Crippen LogP contribution is 2.35. The predicted octanol–water partition coefficient (Wildman–Crippen LogP) is 3.07. The molecule has 1 amide bonds. The number of carbonyl (C=O) groups is 1. The minimum Gasteiger partial charge on any atom is -0.353 e. The summed E-state index contributed by atoms with van der Waals surface area (Å²) < 4.78 is 0. The van der Waals surface area contributed by atoms with Gasteiger partial charge >= 0.3 is 0 Å². The number of thioether (sulfide) groups is 1. The minimum absolute atomic E-state index is 0. The van der Waals surface area contributed by atoms with Gasteiger partial charge < -0.3 is 11.1 Å². The fraction of sp³-hybridized carbons (Fsp3) is 0.941. The number of hydrogen-bond donors (Lipinski definition) is 2. The molecule has 1 saturated heterocycles. The lowest BCUT2D eigenvalue weighted by atomic mass is 9.79. The van der Waals surface area contributed by atoms with Crippen molar-refractivity contribution in [3.05, 3.63) is 0 Å². The molecule has 0 aromatic heterocycles. The van der Waals surface area contributed by atoms with E-state index in [0.717, 1.165) is 19.6 Å². The fourth-order valence-electron chi connectivity index (χ4n) is 3.61. The Morgan fingerprint density at radius 2 is 1.71 bits per heavy atom. The third kappa shape index (κ3) is 6.24. The van der Waals surface area contributed by atoms with E-state index in [0.29, 0.717) is 0 Å². The zero-order chi connectivity index (χ0) is 16.2. The van der Waals surface area contributed by atoms with Gasteiger partial charge in [-0.2, -0.15) is 11.8 Å². The molecule has 24 heavy (non-hydrogen) atoms. The Kier molecular flexibility index (Phi) is 10.6. The summed E-state index contributed by atoms with van der Waals surface area (Å²) >= 11 is 2.05. The predicted molar refractivity (Wildman–Crippen MR) is 110 cm³/mol. The lowest BCUT2D eigenvalue weighted by molar-refractivity contribution is -0.125. The van der Waals surface area contributed by atoms with Crippen LogP contribution < -0.4 is 11.1 Å². The second kappa shape index (κ2) is 10.5. The van der Waals surface area contributed by atoms with Crippen LogP contribution in [0.15, 0.2) is 0 Å². The highest BCUT2D eigenvalue weighted by atomic mass is 35.5. The van der Waals surface area contributed by atoms with Crippen molar-refractivity contribution in [1.29, 1.82) is 0 Å². The maximum atomic E-state index is 12.4. The average Bonchev–Trinajstić information content (AvgIpc) is 2.53. The van der Waals surface area contributed by atoms with Crippen molar-refractivity contribution < 1.29 is 4.79 Å². The first-order valence-corrected chi connectivity index (χ1v) is 9.87. The second-order valence-corrected chi connectivity index (χ2v) is 9.17. The molecule has 1 atom stereocenters. The number of hydrogen-bond acceptors (Lipinski definition) is 4. The standard InChI is InChI=1S/C17H33N3OS.2ClH/c1-16(2,3)14(18)15(21)19-13-17(7-5-4-6-8-17)20-9-11-22-12-10-20;;/h14H,4-13,18H2,1-3H3,(H,19,21);2*1H/t14-;;/m1../s1. The summed E-state index contributed by atoms with van der Waals surface area (Å²) in [6, 6.07) is -0.440. The van der Waals surface area contributed by atoms with Gasteiger partial charge in [-0.05, 0) is 18.3 Å². The zero-order valence-electron chi connectivity index (χ0n) is 15.3. The SMILES string of the molecule is CC(C)(C)[C@H](N)C(=O)NCC1(N2CCSCC2)CCCCC1.Cl.Cl. The van der Waals surface area contributed by atoms with E-state index in [9.17, 15) is 4.79 Å². The molecular formula is C17H35Cl2N3OS. The van der Waals surface area contributed by atoms with E-state index in [1.165, 1.54) is 43.6 Å². The van der Waals surface area contributed by atoms with Crippen molar-refractivity contribution in [2.24, 2.45) is 11.1 Å². The lowest BCUT2D eigenvalue weighted by Crippen LogP contribution is -2.60. The van der Waals surface area contributed by atoms with Crippen molar-refractivity contribution >= 4 is 42.5 Å². The monoisotopic (exact) mass is 399 g/mol. The van der Waals surface area contributed by atoms with Crippen molar-refractivity contribution in [3.63, 3.8) is 0 Å². The summed E-state index contributed by atoms with van der Waals surface area (Å²) in [5, 5.41) is 3.18. The Morgan fingerprint density at radius 3 is 2.21 bits per heavy atom. The number of rotatable bonds is 4. The van der Waals surface area contributed by atoms with Gasteiger partial charge in [-0.25, -0.2) is 0 Å². The Morgan fingerprint density at radius 1 is 1.17 bits per heavy atom. The topological polar surface area (TPSA) is 58.4 Å². The molecule has 2 aliphatic rings. The van der Waals surface area contributed by atoms with E-state index in [1.54, 1.807) is 0 Å². The fourth-order valence-corrected chi connectivity index (χ4v) is 4.51. The third-order valence-corrected chi connectivity index (χ3v) is 6.22. The molecule has 7 heteroatoms. The molecule has 4 nitrogen and oxygen atoms in total. The summed E-state index contributed by atoms with van der Waals surface area (Å²) in [4.78, 5) is 15.0. The molecule has 1 saturated carbocycles. The van der Waals surface area contributed by atoms with Crippen LogP contribution in [0.2, 0.25) is 0 Å². The first kappa shape index (κ1) is 24.3. The molecule has 1 aliphatic carbocycles. The molecule has 0 spiro atoms. The summed E-state index contributed by atoms with van der Waals surface area (Å²) in [6.45, 7) is 9.15. The van der Waals surface area contributed by atoms with Gasteiger partial charge in [0.05, 0.1) is 6.04 Å². The molecule has 144 valence electrons. The quantitative estimate of drug-likeness (QED) is 0.762. The molecule has 0 radical (unpaired) electrons. The van der Waals surface area contributed by atoms with Gasteiger partial charge in [-0.3, -0.25) is 9.69 Å². The van der Waals surface area contributed by atoms with Crippen LogP contribution in [0.25, 0.3) is 0 Å². The largest absolute Gasteiger partial charge is 0.353 e. The van der Waals surface area contributed by atoms with Crippen molar-refractivity contribution in [2.45, 2.75) is 64.5 Å². The number of carbonyl (C=O) groups excluding carboxylic acids is 1. The number of amides is 1. The molecule has 0 aromatic carbocycles. The van der Waals surface area contributed by atoms with Gasteiger partial charge in [0.2, 0.25) is 5.91 Å². The lowest BCUT2D eigenvalue weighted by Gasteiger charge is -2.48. The number of nitrogens with zero attached hydrogens (tertiary/aromatic N) is 1. The molecule has 0 unspecified atom stereocenters. The van der Waals surface area contributed by atoms with Gasteiger partial charge in [0.1, 0.15) is 0 Å². The normalized spacial score (nSPS) is 22.7. The van der Waals surface area contributed by atoms with Crippen LogP contribution in [0.1, 0.15) is 52.9 Å². The number of nitrogens with one attached hydrogen (secondary N) is 1. The van der Waals surface area contributed by atoms with Gasteiger partial charge in [-0.15, -0.1) is 24.8 Å². The first-order valence-electron chi connectivity index (χ1n) is 8.71. The van der Waals surface area contributed by atoms with E-state index in [1.807, 2.05) is 32.5 Å². The van der Waals surface area contributed by atoms with Gasteiger partial charge in [-0.1, -0.05) is 40.0 Å². The Hall–Kier alpha value is 0.320. The van der Waals surface area contributed by atoms with Crippen molar-refractivity contribution in [3.8, 4) is 0 Å². The first-order chi connectivity index (χ1) is 10.4. The number of halogens is 2. The number of nitrogens with two attached hydrogens (primary N) is 1. The third-order valence-electron chi connectivity index (χ3n) is 5.27. The molecule has 1 aliphatic heterocycles. The highest BCUT2D eigenvalue weighted by molar-refractivity contribution is 7.99. The van der Waals surface area contributed by atoms with Crippen molar-refractivity contribution in [2.75, 3.05) is 31.1 Å². The Labute approximate surface area is 164 Å². The summed E-state index contributed by atoms with van der Waals surface area (Å²) in [6.07, 6.45) is 6.32.